The molecule has 0 fully saturated rings. The number of nitrogens with two attached hydrogens (primary N) is 1. The van der Waals surface area contributed by atoms with E-state index in [0.29, 0.717) is 31.1 Å². The normalized spacial score (nSPS) is 11.6. The molecule has 0 aliphatic rings. The quantitative estimate of drug-likeness (QED) is 0.346. The van der Waals surface area contributed by atoms with E-state index in [4.69, 9.17) is 19.7 Å². The number of amides is 1. The molecule has 0 spiro atoms. The fraction of sp³-hybridized carbons (Fsp3) is 0.583. The predicted octanol–water partition coefficient (Wildman–Crippen LogP) is 1.21. The lowest BCUT2D eigenvalue weighted by molar-refractivity contribution is -0.0394. The van der Waals surface area contributed by atoms with Crippen LogP contribution < -0.4 is 11.3 Å². The Bertz CT molecular complexity index is 382. The Kier molecular flexibility index (Phi) is 5.33. The summed E-state index contributed by atoms with van der Waals surface area (Å²) in [5.74, 6) is 5.19. The van der Waals surface area contributed by atoms with Crippen LogP contribution in [-0.4, -0.2) is 24.7 Å². The smallest absolute Gasteiger partial charge is 0.268 e. The van der Waals surface area contributed by atoms with Crippen molar-refractivity contribution in [3.8, 4) is 0 Å². The van der Waals surface area contributed by atoms with Gasteiger partial charge in [-0.1, -0.05) is 0 Å². The van der Waals surface area contributed by atoms with Crippen LogP contribution in [0.1, 0.15) is 36.9 Å². The minimum absolute atomic E-state index is 0.166. The summed E-state index contributed by atoms with van der Waals surface area (Å²) in [6.45, 7) is 7.23. The number of nitrogens with one attached hydrogen (secondary N) is 1. The molecule has 1 rings (SSSR count). The number of nitrogen functional groups attached to an aromatic ring is 1. The van der Waals surface area contributed by atoms with Crippen molar-refractivity contribution in [2.24, 2.45) is 5.84 Å². The Balaban J connectivity index is 2.24. The molecule has 1 aromatic heterocycles. The fourth-order valence-corrected chi connectivity index (χ4v) is 1.24. The van der Waals surface area contributed by atoms with E-state index in [1.54, 1.807) is 6.07 Å². The predicted molar refractivity (Wildman–Crippen MR) is 65.7 cm³/mol. The first-order valence-corrected chi connectivity index (χ1v) is 5.72. The highest BCUT2D eigenvalue weighted by Crippen LogP contribution is 2.09. The van der Waals surface area contributed by atoms with Crippen molar-refractivity contribution >= 4 is 5.91 Å². The lowest BCUT2D eigenvalue weighted by Gasteiger charge is -2.19. The summed E-state index contributed by atoms with van der Waals surface area (Å²) >= 11 is 0. The van der Waals surface area contributed by atoms with Gasteiger partial charge < -0.3 is 13.9 Å². The van der Waals surface area contributed by atoms with Gasteiger partial charge in [-0.15, -0.1) is 0 Å². The lowest BCUT2D eigenvalue weighted by Crippen LogP contribution is -2.29. The van der Waals surface area contributed by atoms with Crippen LogP contribution >= 0.6 is 0 Å². The average molecular weight is 256 g/mol. The molecule has 1 amide bonds. The summed E-state index contributed by atoms with van der Waals surface area (Å²) in [6.07, 6.45) is 1.34. The van der Waals surface area contributed by atoms with Gasteiger partial charge in [-0.3, -0.25) is 10.2 Å². The van der Waals surface area contributed by atoms with Crippen molar-refractivity contribution in [3.05, 3.63) is 23.7 Å². The third-order valence-electron chi connectivity index (χ3n) is 2.05. The molecular weight excluding hydrogens is 236 g/mol. The number of carbonyl (C=O) groups is 1. The van der Waals surface area contributed by atoms with Crippen molar-refractivity contribution in [2.75, 3.05) is 13.2 Å². The van der Waals surface area contributed by atoms with E-state index < -0.39 is 0 Å². The molecule has 0 radical (unpaired) electrons. The Labute approximate surface area is 106 Å². The maximum Gasteiger partial charge on any atom is 0.268 e. The number of rotatable bonds is 6. The second-order valence-corrected chi connectivity index (χ2v) is 4.79. The van der Waals surface area contributed by atoms with Crippen LogP contribution in [0, 0.1) is 0 Å². The van der Waals surface area contributed by atoms with Crippen LogP contribution in [0.25, 0.3) is 0 Å². The monoisotopic (exact) mass is 256 g/mol. The van der Waals surface area contributed by atoms with Gasteiger partial charge in [-0.2, -0.15) is 0 Å². The van der Waals surface area contributed by atoms with Crippen LogP contribution in [-0.2, 0) is 16.1 Å². The molecule has 0 bridgehead atoms. The highest BCUT2D eigenvalue weighted by Gasteiger charge is 2.10. The van der Waals surface area contributed by atoms with Crippen LogP contribution in [0.5, 0.6) is 0 Å². The van der Waals surface area contributed by atoms with E-state index in [0.717, 1.165) is 0 Å². The number of hydrazine groups is 1. The van der Waals surface area contributed by atoms with Crippen LogP contribution in [0.2, 0.25) is 0 Å². The SMILES string of the molecule is CC(C)(C)OCCOCc1cc(C(=O)NN)co1. The van der Waals surface area contributed by atoms with Crippen molar-refractivity contribution in [2.45, 2.75) is 33.0 Å². The highest BCUT2D eigenvalue weighted by atomic mass is 16.5. The third kappa shape index (κ3) is 5.31. The molecule has 0 atom stereocenters. The van der Waals surface area contributed by atoms with Gasteiger partial charge in [-0.05, 0) is 26.8 Å². The Morgan fingerprint density at radius 1 is 1.44 bits per heavy atom. The average Bonchev–Trinajstić information content (AvgIpc) is 2.75. The summed E-state index contributed by atoms with van der Waals surface area (Å²) < 4.78 is 16.0. The van der Waals surface area contributed by atoms with E-state index in [9.17, 15) is 4.79 Å². The zero-order chi connectivity index (χ0) is 13.6. The summed E-state index contributed by atoms with van der Waals surface area (Å²) in [6, 6.07) is 1.59. The molecule has 102 valence electrons. The van der Waals surface area contributed by atoms with Gasteiger partial charge in [-0.25, -0.2) is 5.84 Å². The molecule has 1 aromatic rings. The van der Waals surface area contributed by atoms with E-state index in [1.165, 1.54) is 6.26 Å². The summed E-state index contributed by atoms with van der Waals surface area (Å²) in [5, 5.41) is 0. The second-order valence-electron chi connectivity index (χ2n) is 4.79. The highest BCUT2D eigenvalue weighted by molar-refractivity contribution is 5.93. The molecule has 6 nitrogen and oxygen atoms in total. The van der Waals surface area contributed by atoms with Crippen LogP contribution in [0.15, 0.2) is 16.7 Å². The number of hydrogen-bond acceptors (Lipinski definition) is 5. The molecule has 3 N–H and O–H groups in total. The van der Waals surface area contributed by atoms with Gasteiger partial charge in [0.25, 0.3) is 5.91 Å². The molecule has 0 aliphatic heterocycles. The minimum atomic E-state index is -0.388. The molecule has 18 heavy (non-hydrogen) atoms. The van der Waals surface area contributed by atoms with Gasteiger partial charge in [0, 0.05) is 0 Å². The van der Waals surface area contributed by atoms with Gasteiger partial charge in [0.05, 0.1) is 24.4 Å². The topological polar surface area (TPSA) is 86.7 Å². The van der Waals surface area contributed by atoms with Gasteiger partial charge >= 0.3 is 0 Å². The third-order valence-corrected chi connectivity index (χ3v) is 2.05. The van der Waals surface area contributed by atoms with E-state index in [1.807, 2.05) is 26.2 Å². The lowest BCUT2D eigenvalue weighted by atomic mass is 10.2. The molecule has 0 unspecified atom stereocenters. The molecule has 6 heteroatoms. The Morgan fingerprint density at radius 3 is 2.78 bits per heavy atom. The van der Waals surface area contributed by atoms with Gasteiger partial charge in [0.15, 0.2) is 0 Å². The second kappa shape index (κ2) is 6.53. The molecule has 0 saturated heterocycles. The van der Waals surface area contributed by atoms with E-state index >= 15 is 0 Å². The van der Waals surface area contributed by atoms with Crippen molar-refractivity contribution in [3.63, 3.8) is 0 Å². The number of hydrogen-bond donors (Lipinski definition) is 2. The first kappa shape index (κ1) is 14.7. The zero-order valence-corrected chi connectivity index (χ0v) is 11.0. The number of ether oxygens (including phenoxy) is 2. The van der Waals surface area contributed by atoms with E-state index in [-0.39, 0.29) is 11.5 Å². The minimum Gasteiger partial charge on any atom is -0.466 e. The number of carbonyl (C=O) groups excluding carboxylic acids is 1. The first-order chi connectivity index (χ1) is 8.42. The first-order valence-electron chi connectivity index (χ1n) is 5.72. The maximum absolute atomic E-state index is 11.2. The van der Waals surface area contributed by atoms with Crippen LogP contribution in [0.3, 0.4) is 0 Å². The van der Waals surface area contributed by atoms with E-state index in [2.05, 4.69) is 0 Å². The molecule has 0 aliphatic carbocycles. The molecular formula is C12H20N2O4. The zero-order valence-electron chi connectivity index (χ0n) is 11.0. The largest absolute Gasteiger partial charge is 0.466 e. The summed E-state index contributed by atoms with van der Waals surface area (Å²) in [4.78, 5) is 11.2. The number of furan rings is 1. The standard InChI is InChI=1S/C12H20N2O4/c1-12(2,3)18-5-4-16-8-10-6-9(7-17-10)11(15)14-13/h6-7H,4-5,8,13H2,1-3H3,(H,14,15). The summed E-state index contributed by atoms with van der Waals surface area (Å²) in [5.41, 5.74) is 2.24. The molecule has 0 aromatic carbocycles. The Morgan fingerprint density at radius 2 is 2.17 bits per heavy atom. The van der Waals surface area contributed by atoms with Crippen molar-refractivity contribution in [1.82, 2.24) is 5.43 Å². The maximum atomic E-state index is 11.2. The van der Waals surface area contributed by atoms with Crippen molar-refractivity contribution < 1.29 is 18.7 Å². The van der Waals surface area contributed by atoms with Crippen molar-refractivity contribution in [1.29, 1.82) is 0 Å². The Hall–Kier alpha value is -1.37. The molecule has 0 saturated carbocycles. The van der Waals surface area contributed by atoms with Crippen LogP contribution in [0.4, 0.5) is 0 Å². The summed E-state index contributed by atoms with van der Waals surface area (Å²) in [7, 11) is 0. The van der Waals surface area contributed by atoms with Gasteiger partial charge in [0.1, 0.15) is 18.6 Å². The van der Waals surface area contributed by atoms with Gasteiger partial charge in [0.2, 0.25) is 0 Å². The molecule has 1 heterocycles. The fourth-order valence-electron chi connectivity index (χ4n) is 1.24.